The molecule has 0 saturated heterocycles. The molecule has 0 atom stereocenters. The van der Waals surface area contributed by atoms with Gasteiger partial charge >= 0.3 is 0 Å². The topological polar surface area (TPSA) is 50.2 Å². The molecule has 5 heteroatoms. The largest absolute Gasteiger partial charge is 0.351 e. The number of hydrogen-bond acceptors (Lipinski definition) is 3. The van der Waals surface area contributed by atoms with Crippen LogP contribution in [0.5, 0.6) is 0 Å². The van der Waals surface area contributed by atoms with E-state index in [1.807, 2.05) is 30.3 Å². The Bertz CT molecular complexity index is 561. The minimum atomic E-state index is -0.0793. The first-order valence-electron chi connectivity index (χ1n) is 7.35. The maximum atomic E-state index is 12.1. The van der Waals surface area contributed by atoms with Crippen LogP contribution in [-0.4, -0.2) is 46.8 Å². The van der Waals surface area contributed by atoms with Crippen molar-refractivity contribution in [1.29, 1.82) is 0 Å². The highest BCUT2D eigenvalue weighted by molar-refractivity contribution is 5.93. The normalized spacial score (nSPS) is 10.8. The Morgan fingerprint density at radius 1 is 1.24 bits per heavy atom. The molecule has 0 fully saturated rings. The molecule has 1 aromatic carbocycles. The zero-order valence-corrected chi connectivity index (χ0v) is 12.6. The second-order valence-electron chi connectivity index (χ2n) is 4.79. The second-order valence-corrected chi connectivity index (χ2v) is 4.79. The van der Waals surface area contributed by atoms with Gasteiger partial charge in [-0.15, -0.1) is 0 Å². The lowest BCUT2D eigenvalue weighted by Gasteiger charge is -2.17. The van der Waals surface area contributed by atoms with E-state index in [4.69, 9.17) is 0 Å². The molecule has 1 heterocycles. The molecule has 112 valence electrons. The van der Waals surface area contributed by atoms with Crippen LogP contribution >= 0.6 is 0 Å². The van der Waals surface area contributed by atoms with Gasteiger partial charge in [-0.25, -0.2) is 4.68 Å². The van der Waals surface area contributed by atoms with Crippen LogP contribution in [0.15, 0.2) is 42.7 Å². The third kappa shape index (κ3) is 4.16. The van der Waals surface area contributed by atoms with Crippen LogP contribution < -0.4 is 5.32 Å². The van der Waals surface area contributed by atoms with Gasteiger partial charge in [0.2, 0.25) is 0 Å². The summed E-state index contributed by atoms with van der Waals surface area (Å²) < 4.78 is 1.71. The predicted octanol–water partition coefficient (Wildman–Crippen LogP) is 1.94. The summed E-state index contributed by atoms with van der Waals surface area (Å²) in [4.78, 5) is 14.3. The summed E-state index contributed by atoms with van der Waals surface area (Å²) in [6, 6.07) is 9.75. The fraction of sp³-hybridized carbons (Fsp3) is 0.375. The number of nitrogens with one attached hydrogen (secondary N) is 1. The first kappa shape index (κ1) is 15.3. The molecule has 1 aromatic heterocycles. The van der Waals surface area contributed by atoms with Gasteiger partial charge in [-0.2, -0.15) is 5.10 Å². The monoisotopic (exact) mass is 286 g/mol. The van der Waals surface area contributed by atoms with E-state index >= 15 is 0 Å². The highest BCUT2D eigenvalue weighted by Gasteiger charge is 2.09. The highest BCUT2D eigenvalue weighted by Crippen LogP contribution is 2.07. The van der Waals surface area contributed by atoms with Crippen LogP contribution in [0.3, 0.4) is 0 Å². The summed E-state index contributed by atoms with van der Waals surface area (Å²) in [5.41, 5.74) is 1.53. The van der Waals surface area contributed by atoms with Gasteiger partial charge in [-0.05, 0) is 25.2 Å². The molecule has 0 saturated carbocycles. The van der Waals surface area contributed by atoms with Crippen LogP contribution in [0.2, 0.25) is 0 Å². The number of rotatable bonds is 7. The van der Waals surface area contributed by atoms with Gasteiger partial charge in [0.1, 0.15) is 0 Å². The van der Waals surface area contributed by atoms with E-state index in [9.17, 15) is 4.79 Å². The SMILES string of the molecule is CCN(CC)CCNC(=O)c1cnn(-c2ccccc2)c1. The van der Waals surface area contributed by atoms with Crippen molar-refractivity contribution in [1.82, 2.24) is 20.0 Å². The summed E-state index contributed by atoms with van der Waals surface area (Å²) >= 11 is 0. The Morgan fingerprint density at radius 3 is 2.62 bits per heavy atom. The van der Waals surface area contributed by atoms with Crippen molar-refractivity contribution in [2.75, 3.05) is 26.2 Å². The lowest BCUT2D eigenvalue weighted by molar-refractivity contribution is 0.0949. The number of aromatic nitrogens is 2. The van der Waals surface area contributed by atoms with Gasteiger partial charge in [0.05, 0.1) is 17.4 Å². The zero-order valence-electron chi connectivity index (χ0n) is 12.6. The van der Waals surface area contributed by atoms with Crippen molar-refractivity contribution in [2.45, 2.75) is 13.8 Å². The summed E-state index contributed by atoms with van der Waals surface area (Å²) in [5, 5.41) is 7.16. The molecule has 5 nitrogen and oxygen atoms in total. The van der Waals surface area contributed by atoms with E-state index in [-0.39, 0.29) is 5.91 Å². The predicted molar refractivity (Wildman–Crippen MR) is 83.7 cm³/mol. The lowest BCUT2D eigenvalue weighted by atomic mass is 10.3. The van der Waals surface area contributed by atoms with Crippen molar-refractivity contribution in [3.05, 3.63) is 48.3 Å². The summed E-state index contributed by atoms with van der Waals surface area (Å²) in [6.07, 6.45) is 3.35. The molecule has 21 heavy (non-hydrogen) atoms. The van der Waals surface area contributed by atoms with E-state index in [2.05, 4.69) is 29.2 Å². The molecule has 0 radical (unpaired) electrons. The maximum absolute atomic E-state index is 12.1. The number of hydrogen-bond donors (Lipinski definition) is 1. The maximum Gasteiger partial charge on any atom is 0.254 e. The number of para-hydroxylation sites is 1. The Hall–Kier alpha value is -2.14. The Labute approximate surface area is 125 Å². The van der Waals surface area contributed by atoms with Crippen molar-refractivity contribution < 1.29 is 4.79 Å². The average molecular weight is 286 g/mol. The summed E-state index contributed by atoms with van der Waals surface area (Å²) in [6.45, 7) is 7.75. The van der Waals surface area contributed by atoms with Crippen LogP contribution in [0.25, 0.3) is 5.69 Å². The first-order chi connectivity index (χ1) is 10.2. The molecule has 0 aliphatic rings. The molecule has 0 unspecified atom stereocenters. The van der Waals surface area contributed by atoms with Crippen LogP contribution in [0.4, 0.5) is 0 Å². The van der Waals surface area contributed by atoms with Crippen LogP contribution in [-0.2, 0) is 0 Å². The van der Waals surface area contributed by atoms with Crippen molar-refractivity contribution >= 4 is 5.91 Å². The fourth-order valence-electron chi connectivity index (χ4n) is 2.13. The Kier molecular flexibility index (Phi) is 5.51. The van der Waals surface area contributed by atoms with Gasteiger partial charge in [-0.1, -0.05) is 32.0 Å². The molecule has 2 aromatic rings. The van der Waals surface area contributed by atoms with E-state index in [0.29, 0.717) is 12.1 Å². The van der Waals surface area contributed by atoms with Crippen molar-refractivity contribution in [3.63, 3.8) is 0 Å². The number of amides is 1. The smallest absolute Gasteiger partial charge is 0.254 e. The van der Waals surface area contributed by atoms with E-state index in [1.54, 1.807) is 17.1 Å². The van der Waals surface area contributed by atoms with Gasteiger partial charge in [0, 0.05) is 19.3 Å². The first-order valence-corrected chi connectivity index (χ1v) is 7.35. The quantitative estimate of drug-likeness (QED) is 0.846. The van der Waals surface area contributed by atoms with E-state index in [1.165, 1.54) is 0 Å². The number of benzene rings is 1. The Balaban J connectivity index is 1.91. The average Bonchev–Trinajstić information content (AvgIpc) is 3.02. The van der Waals surface area contributed by atoms with Gasteiger partial charge in [0.15, 0.2) is 0 Å². The molecule has 1 N–H and O–H groups in total. The lowest BCUT2D eigenvalue weighted by Crippen LogP contribution is -2.34. The molecule has 0 aliphatic carbocycles. The zero-order chi connectivity index (χ0) is 15.1. The van der Waals surface area contributed by atoms with Gasteiger partial charge in [-0.3, -0.25) is 4.79 Å². The van der Waals surface area contributed by atoms with Crippen LogP contribution in [0, 0.1) is 0 Å². The molecule has 2 rings (SSSR count). The van der Waals surface area contributed by atoms with Gasteiger partial charge in [0.25, 0.3) is 5.91 Å². The number of likely N-dealkylation sites (N-methyl/N-ethyl adjacent to an activating group) is 1. The Morgan fingerprint density at radius 2 is 1.95 bits per heavy atom. The molecular formula is C16H22N4O. The van der Waals surface area contributed by atoms with Crippen LogP contribution in [0.1, 0.15) is 24.2 Å². The second kappa shape index (κ2) is 7.59. The summed E-state index contributed by atoms with van der Waals surface area (Å²) in [7, 11) is 0. The number of carbonyl (C=O) groups is 1. The highest BCUT2D eigenvalue weighted by atomic mass is 16.1. The third-order valence-electron chi connectivity index (χ3n) is 3.47. The molecule has 0 bridgehead atoms. The van der Waals surface area contributed by atoms with Crippen molar-refractivity contribution in [3.8, 4) is 5.69 Å². The minimum absolute atomic E-state index is 0.0793. The fourth-order valence-corrected chi connectivity index (χ4v) is 2.13. The summed E-state index contributed by atoms with van der Waals surface area (Å²) in [5.74, 6) is -0.0793. The number of nitrogens with zero attached hydrogens (tertiary/aromatic N) is 3. The third-order valence-corrected chi connectivity index (χ3v) is 3.47. The van der Waals surface area contributed by atoms with E-state index < -0.39 is 0 Å². The van der Waals surface area contributed by atoms with Crippen molar-refractivity contribution in [2.24, 2.45) is 0 Å². The van der Waals surface area contributed by atoms with Gasteiger partial charge < -0.3 is 10.2 Å². The molecular weight excluding hydrogens is 264 g/mol. The number of carbonyl (C=O) groups excluding carboxylic acids is 1. The standard InChI is InChI=1S/C16H22N4O/c1-3-19(4-2)11-10-17-16(21)14-12-18-20(13-14)15-8-6-5-7-9-15/h5-9,12-13H,3-4,10-11H2,1-2H3,(H,17,21). The molecule has 0 aliphatic heterocycles. The molecule has 0 spiro atoms. The molecule has 1 amide bonds. The minimum Gasteiger partial charge on any atom is -0.351 e. The van der Waals surface area contributed by atoms with E-state index in [0.717, 1.165) is 25.3 Å².